The minimum atomic E-state index is -0.0977. The molecule has 2 aliphatic rings. The average molecular weight is 397 g/mol. The van der Waals surface area contributed by atoms with Gasteiger partial charge in [-0.3, -0.25) is 0 Å². The van der Waals surface area contributed by atoms with Gasteiger partial charge in [0.15, 0.2) is 10.6 Å². The minimum absolute atomic E-state index is 0.0977. The second-order valence-electron chi connectivity index (χ2n) is 6.74. The number of thiazole rings is 1. The van der Waals surface area contributed by atoms with Gasteiger partial charge in [-0.1, -0.05) is 0 Å². The van der Waals surface area contributed by atoms with Crippen LogP contribution in [0.2, 0.25) is 0 Å². The molecular weight excluding hydrogens is 378 g/mol. The summed E-state index contributed by atoms with van der Waals surface area (Å²) in [5.74, 6) is 1.89. The Balaban J connectivity index is 1.25. The zero-order valence-corrected chi connectivity index (χ0v) is 15.9. The zero-order valence-electron chi connectivity index (χ0n) is 15.1. The predicted octanol–water partition coefficient (Wildman–Crippen LogP) is 1.96. The highest BCUT2D eigenvalue weighted by Crippen LogP contribution is 2.29. The van der Waals surface area contributed by atoms with Crippen molar-refractivity contribution >= 4 is 45.2 Å². The summed E-state index contributed by atoms with van der Waals surface area (Å²) in [7, 11) is 0. The van der Waals surface area contributed by atoms with Gasteiger partial charge in [-0.05, 0) is 23.8 Å². The Labute approximate surface area is 165 Å². The van der Waals surface area contributed by atoms with Gasteiger partial charge in [-0.25, -0.2) is 14.8 Å². The van der Waals surface area contributed by atoms with E-state index in [9.17, 15) is 4.79 Å². The number of carbonyl (C=O) groups excluding carboxylic acids is 1. The first-order valence-electron chi connectivity index (χ1n) is 9.11. The second-order valence-corrected chi connectivity index (χ2v) is 7.57. The molecule has 0 unspecified atom stereocenters. The van der Waals surface area contributed by atoms with Crippen LogP contribution in [0.25, 0.3) is 10.3 Å². The summed E-state index contributed by atoms with van der Waals surface area (Å²) in [6.07, 6.45) is 0.880. The van der Waals surface area contributed by atoms with Crippen LogP contribution < -0.4 is 20.7 Å². The van der Waals surface area contributed by atoms with Gasteiger partial charge in [0, 0.05) is 38.3 Å². The largest absolute Gasteiger partial charge is 0.493 e. The molecule has 0 radical (unpaired) electrons. The standard InChI is InChI=1S/C18H19N7O2S/c19-17-22-15(14-16(23-17)28-10-20-14)24-4-6-25(7-5-24)18(26)21-12-1-2-13-11(9-12)3-8-27-13/h1-2,9-10H,3-8H2,(H,21,26)(H2,19,22,23). The third-order valence-corrected chi connectivity index (χ3v) is 5.72. The first-order valence-corrected chi connectivity index (χ1v) is 9.99. The van der Waals surface area contributed by atoms with E-state index in [1.54, 1.807) is 5.51 Å². The van der Waals surface area contributed by atoms with Crippen molar-refractivity contribution in [1.29, 1.82) is 0 Å². The lowest BCUT2D eigenvalue weighted by Gasteiger charge is -2.35. The van der Waals surface area contributed by atoms with Crippen molar-refractivity contribution in [2.45, 2.75) is 6.42 Å². The SMILES string of the molecule is Nc1nc(N2CCN(C(=O)Nc3ccc4c(c3)CCO4)CC2)c2ncsc2n1. The number of nitrogens with zero attached hydrogens (tertiary/aromatic N) is 5. The molecule has 1 saturated heterocycles. The fourth-order valence-electron chi connectivity index (χ4n) is 3.57. The molecule has 5 rings (SSSR count). The van der Waals surface area contributed by atoms with Gasteiger partial charge in [-0.15, -0.1) is 11.3 Å². The Morgan fingerprint density at radius 1 is 1.21 bits per heavy atom. The molecule has 1 aromatic carbocycles. The van der Waals surface area contributed by atoms with E-state index in [0.29, 0.717) is 32.8 Å². The van der Waals surface area contributed by atoms with Gasteiger partial charge in [-0.2, -0.15) is 4.98 Å². The maximum Gasteiger partial charge on any atom is 0.321 e. The predicted molar refractivity (Wildman–Crippen MR) is 108 cm³/mol. The van der Waals surface area contributed by atoms with E-state index < -0.39 is 0 Å². The fraction of sp³-hybridized carbons (Fsp3) is 0.333. The fourth-order valence-corrected chi connectivity index (χ4v) is 4.23. The van der Waals surface area contributed by atoms with Crippen molar-refractivity contribution in [3.8, 4) is 5.75 Å². The number of hydrogen-bond acceptors (Lipinski definition) is 8. The molecule has 2 aliphatic heterocycles. The van der Waals surface area contributed by atoms with Gasteiger partial charge in [0.05, 0.1) is 12.1 Å². The van der Waals surface area contributed by atoms with Crippen LogP contribution in [0.15, 0.2) is 23.7 Å². The number of carbonyl (C=O) groups is 1. The average Bonchev–Trinajstić information content (AvgIpc) is 3.36. The number of nitrogens with two attached hydrogens (primary N) is 1. The molecule has 10 heteroatoms. The number of nitrogen functional groups attached to an aromatic ring is 1. The van der Waals surface area contributed by atoms with Crippen LogP contribution in [-0.2, 0) is 6.42 Å². The van der Waals surface area contributed by atoms with Gasteiger partial charge in [0.25, 0.3) is 0 Å². The monoisotopic (exact) mass is 397 g/mol. The van der Waals surface area contributed by atoms with Crippen molar-refractivity contribution in [3.05, 3.63) is 29.3 Å². The van der Waals surface area contributed by atoms with Gasteiger partial charge in [0.1, 0.15) is 11.3 Å². The summed E-state index contributed by atoms with van der Waals surface area (Å²) in [6, 6.07) is 5.67. The Morgan fingerprint density at radius 3 is 2.93 bits per heavy atom. The van der Waals surface area contributed by atoms with Crippen LogP contribution in [0.4, 0.5) is 22.2 Å². The molecule has 0 spiro atoms. The summed E-state index contributed by atoms with van der Waals surface area (Å²) >= 11 is 1.44. The number of hydrogen-bond donors (Lipinski definition) is 2. The quantitative estimate of drug-likeness (QED) is 0.680. The summed E-state index contributed by atoms with van der Waals surface area (Å²) in [5.41, 5.74) is 10.3. The van der Waals surface area contributed by atoms with Crippen LogP contribution >= 0.6 is 11.3 Å². The van der Waals surface area contributed by atoms with Crippen molar-refractivity contribution in [2.75, 3.05) is 48.7 Å². The number of fused-ring (bicyclic) bond motifs is 2. The molecule has 1 fully saturated rings. The molecule has 3 N–H and O–H groups in total. The zero-order chi connectivity index (χ0) is 19.1. The number of amides is 2. The lowest BCUT2D eigenvalue weighted by molar-refractivity contribution is 0.208. The first-order chi connectivity index (χ1) is 13.7. The van der Waals surface area contributed by atoms with Crippen LogP contribution in [0, 0.1) is 0 Å². The number of rotatable bonds is 2. The Morgan fingerprint density at radius 2 is 2.07 bits per heavy atom. The number of anilines is 3. The lowest BCUT2D eigenvalue weighted by Crippen LogP contribution is -2.50. The molecule has 0 atom stereocenters. The third kappa shape index (κ3) is 3.05. The van der Waals surface area contributed by atoms with E-state index in [-0.39, 0.29) is 12.0 Å². The normalized spacial score (nSPS) is 16.1. The number of piperazine rings is 1. The summed E-state index contributed by atoms with van der Waals surface area (Å²) in [6.45, 7) is 3.21. The number of aromatic nitrogens is 3. The minimum Gasteiger partial charge on any atom is -0.493 e. The second kappa shape index (κ2) is 6.79. The molecule has 28 heavy (non-hydrogen) atoms. The van der Waals surface area contributed by atoms with Crippen molar-refractivity contribution in [1.82, 2.24) is 19.9 Å². The number of nitrogens with one attached hydrogen (secondary N) is 1. The summed E-state index contributed by atoms with van der Waals surface area (Å²) in [5, 5.41) is 2.99. The van der Waals surface area contributed by atoms with E-state index in [1.165, 1.54) is 11.3 Å². The van der Waals surface area contributed by atoms with Gasteiger partial charge in [0.2, 0.25) is 5.95 Å². The molecule has 2 amide bonds. The van der Waals surface area contributed by atoms with Gasteiger partial charge < -0.3 is 25.6 Å². The Kier molecular flexibility index (Phi) is 4.12. The van der Waals surface area contributed by atoms with E-state index >= 15 is 0 Å². The van der Waals surface area contributed by atoms with Crippen LogP contribution in [0.5, 0.6) is 5.75 Å². The maximum atomic E-state index is 12.6. The van der Waals surface area contributed by atoms with Crippen molar-refractivity contribution in [3.63, 3.8) is 0 Å². The van der Waals surface area contributed by atoms with Crippen molar-refractivity contribution < 1.29 is 9.53 Å². The van der Waals surface area contributed by atoms with E-state index in [2.05, 4.69) is 25.2 Å². The Hall–Kier alpha value is -3.14. The number of ether oxygens (including phenoxy) is 1. The molecule has 4 heterocycles. The van der Waals surface area contributed by atoms with Crippen LogP contribution in [0.1, 0.15) is 5.56 Å². The topological polar surface area (TPSA) is 110 Å². The molecule has 0 saturated carbocycles. The van der Waals surface area contributed by atoms with E-state index in [4.69, 9.17) is 10.5 Å². The van der Waals surface area contributed by atoms with Crippen LogP contribution in [-0.4, -0.2) is 58.7 Å². The highest BCUT2D eigenvalue weighted by molar-refractivity contribution is 7.16. The first kappa shape index (κ1) is 17.0. The molecule has 9 nitrogen and oxygen atoms in total. The smallest absolute Gasteiger partial charge is 0.321 e. The maximum absolute atomic E-state index is 12.6. The highest BCUT2D eigenvalue weighted by Gasteiger charge is 2.25. The summed E-state index contributed by atoms with van der Waals surface area (Å²) < 4.78 is 5.51. The molecule has 2 aromatic heterocycles. The molecule has 144 valence electrons. The molecule has 0 bridgehead atoms. The summed E-state index contributed by atoms with van der Waals surface area (Å²) in [4.78, 5) is 30.3. The number of benzene rings is 1. The lowest BCUT2D eigenvalue weighted by atomic mass is 10.1. The number of urea groups is 1. The molecular formula is C18H19N7O2S. The molecule has 0 aliphatic carbocycles. The van der Waals surface area contributed by atoms with Crippen LogP contribution in [0.3, 0.4) is 0 Å². The highest BCUT2D eigenvalue weighted by atomic mass is 32.1. The van der Waals surface area contributed by atoms with E-state index in [0.717, 1.165) is 39.6 Å². The van der Waals surface area contributed by atoms with Crippen molar-refractivity contribution in [2.24, 2.45) is 0 Å². The third-order valence-electron chi connectivity index (χ3n) is 5.00. The van der Waals surface area contributed by atoms with E-state index in [1.807, 2.05) is 23.1 Å². The molecule has 3 aromatic rings. The van der Waals surface area contributed by atoms with Gasteiger partial charge >= 0.3 is 6.03 Å². The Bertz CT molecular complexity index is 1050.